The van der Waals surface area contributed by atoms with Crippen LogP contribution in [0.2, 0.25) is 0 Å². The molecular weight excluding hydrogens is 139 g/mol. The number of carbonyl (C=O) groups is 1. The molecule has 0 aliphatic rings. The summed E-state index contributed by atoms with van der Waals surface area (Å²) < 4.78 is 0. The van der Waals surface area contributed by atoms with Crippen LogP contribution in [0.25, 0.3) is 0 Å². The van der Waals surface area contributed by atoms with Gasteiger partial charge in [-0.1, -0.05) is 0 Å². The summed E-state index contributed by atoms with van der Waals surface area (Å²) in [6.07, 6.45) is 0. The van der Waals surface area contributed by atoms with Crippen molar-refractivity contribution < 1.29 is 4.79 Å². The molecule has 0 fully saturated rings. The van der Waals surface area contributed by atoms with Crippen molar-refractivity contribution in [3.8, 4) is 0 Å². The lowest BCUT2D eigenvalue weighted by molar-refractivity contribution is 0.256. The van der Waals surface area contributed by atoms with Gasteiger partial charge in [0.1, 0.15) is 0 Å². The number of nitrogens with two attached hydrogens (primary N) is 2. The molecule has 44 valence electrons. The monoisotopic (exact) mass is 144 g/mol. The topological polar surface area (TPSA) is 69.1 Å². The van der Waals surface area contributed by atoms with Gasteiger partial charge in [0.05, 0.1) is 5.34 Å². The summed E-state index contributed by atoms with van der Waals surface area (Å²) in [6, 6.07) is -0.833. The minimum atomic E-state index is -0.833. The second-order valence-electron chi connectivity index (χ2n) is 0.503. The van der Waals surface area contributed by atoms with Gasteiger partial charge in [-0.15, -0.1) is 23.2 Å². The predicted molar refractivity (Wildman–Crippen MR) is 30.3 cm³/mol. The molecule has 0 saturated carbocycles. The van der Waals surface area contributed by atoms with Gasteiger partial charge in [0.15, 0.2) is 0 Å². The summed E-state index contributed by atoms with van der Waals surface area (Å²) in [5, 5.41) is 0.194. The minimum absolute atomic E-state index is 0.194. The zero-order valence-corrected chi connectivity index (χ0v) is 5.04. The van der Waals surface area contributed by atoms with Gasteiger partial charge in [-0.25, -0.2) is 4.79 Å². The Hall–Kier alpha value is -0.150. The SMILES string of the molecule is ClCCl.NC(N)=O. The van der Waals surface area contributed by atoms with Gasteiger partial charge in [-0.3, -0.25) is 0 Å². The van der Waals surface area contributed by atoms with Crippen molar-refractivity contribution in [2.24, 2.45) is 11.5 Å². The quantitative estimate of drug-likeness (QED) is 0.477. The molecule has 0 rings (SSSR count). The predicted octanol–water partition coefficient (Wildman–Crippen LogP) is 0.445. The Morgan fingerprint density at radius 1 is 1.43 bits per heavy atom. The Morgan fingerprint density at radius 3 is 1.43 bits per heavy atom. The van der Waals surface area contributed by atoms with Crippen LogP contribution in [-0.4, -0.2) is 11.4 Å². The Bertz CT molecular complexity index is 45.0. The molecule has 0 aliphatic carbocycles. The molecule has 4 N–H and O–H groups in total. The third-order valence-electron chi connectivity index (χ3n) is 0. The summed E-state index contributed by atoms with van der Waals surface area (Å²) in [5.74, 6) is 0. The Balaban J connectivity index is 0. The van der Waals surface area contributed by atoms with E-state index in [0.717, 1.165) is 0 Å². The number of primary amides is 2. The summed E-state index contributed by atoms with van der Waals surface area (Å²) in [4.78, 5) is 9.00. The van der Waals surface area contributed by atoms with Gasteiger partial charge in [0.2, 0.25) is 0 Å². The average Bonchev–Trinajstić information content (AvgIpc) is 1.33. The Morgan fingerprint density at radius 2 is 1.43 bits per heavy atom. The van der Waals surface area contributed by atoms with E-state index in [-0.39, 0.29) is 5.34 Å². The summed E-state index contributed by atoms with van der Waals surface area (Å²) in [7, 11) is 0. The van der Waals surface area contributed by atoms with E-state index < -0.39 is 6.03 Å². The first-order chi connectivity index (χ1) is 3.15. The van der Waals surface area contributed by atoms with Crippen molar-refractivity contribution in [3.63, 3.8) is 0 Å². The van der Waals surface area contributed by atoms with Crippen LogP contribution in [0.1, 0.15) is 0 Å². The molecule has 0 heterocycles. The smallest absolute Gasteiger partial charge is 0.309 e. The molecule has 0 aromatic heterocycles. The maximum Gasteiger partial charge on any atom is 0.309 e. The number of hydrogen-bond donors (Lipinski definition) is 2. The second-order valence-corrected chi connectivity index (χ2v) is 1.31. The molecule has 0 saturated heterocycles. The standard InChI is InChI=1S/CH2Cl2.CH4N2O/c2-1-3;2-1(3)4/h1H2;(H4,2,3,4). The number of urea groups is 1. The van der Waals surface area contributed by atoms with Crippen molar-refractivity contribution >= 4 is 29.2 Å². The van der Waals surface area contributed by atoms with Crippen molar-refractivity contribution in [3.05, 3.63) is 0 Å². The highest BCUT2D eigenvalue weighted by molar-refractivity contribution is 6.40. The third kappa shape index (κ3) is 3850. The van der Waals surface area contributed by atoms with E-state index in [1.54, 1.807) is 0 Å². The van der Waals surface area contributed by atoms with E-state index in [2.05, 4.69) is 11.5 Å². The Kier molecular flexibility index (Phi) is 13.2. The molecule has 0 aromatic rings. The van der Waals surface area contributed by atoms with Gasteiger partial charge in [-0.05, 0) is 0 Å². The molecule has 2 amide bonds. The number of carbonyl (C=O) groups excluding carboxylic acids is 1. The maximum absolute atomic E-state index is 9.00. The van der Waals surface area contributed by atoms with Crippen molar-refractivity contribution in [2.45, 2.75) is 0 Å². The fourth-order valence-electron chi connectivity index (χ4n) is 0. The van der Waals surface area contributed by atoms with Crippen LogP contribution in [0, 0.1) is 0 Å². The minimum Gasteiger partial charge on any atom is -0.352 e. The zero-order chi connectivity index (χ0) is 6.28. The lowest BCUT2D eigenvalue weighted by Gasteiger charge is -1.62. The van der Waals surface area contributed by atoms with Gasteiger partial charge < -0.3 is 11.5 Å². The highest BCUT2D eigenvalue weighted by Crippen LogP contribution is 1.73. The molecule has 0 bridgehead atoms. The van der Waals surface area contributed by atoms with Gasteiger partial charge in [0.25, 0.3) is 0 Å². The summed E-state index contributed by atoms with van der Waals surface area (Å²) in [5.41, 5.74) is 8.50. The highest BCUT2D eigenvalue weighted by Gasteiger charge is 1.60. The van der Waals surface area contributed by atoms with Crippen molar-refractivity contribution in [2.75, 3.05) is 5.34 Å². The van der Waals surface area contributed by atoms with Crippen LogP contribution < -0.4 is 11.5 Å². The first-order valence-corrected chi connectivity index (χ1v) is 2.39. The highest BCUT2D eigenvalue weighted by atomic mass is 35.5. The maximum atomic E-state index is 9.00. The van der Waals surface area contributed by atoms with Gasteiger partial charge in [-0.2, -0.15) is 0 Å². The molecule has 0 aromatic carbocycles. The first-order valence-electron chi connectivity index (χ1n) is 1.32. The van der Waals surface area contributed by atoms with E-state index in [0.29, 0.717) is 0 Å². The summed E-state index contributed by atoms with van der Waals surface area (Å²) >= 11 is 9.53. The molecule has 0 atom stereocenters. The number of hydrogen-bond acceptors (Lipinski definition) is 1. The fraction of sp³-hybridized carbons (Fsp3) is 0.500. The van der Waals surface area contributed by atoms with Crippen LogP contribution in [0.5, 0.6) is 0 Å². The zero-order valence-electron chi connectivity index (χ0n) is 3.53. The Labute approximate surface area is 51.6 Å². The van der Waals surface area contributed by atoms with Crippen molar-refractivity contribution in [1.29, 1.82) is 0 Å². The number of halogens is 2. The van der Waals surface area contributed by atoms with E-state index >= 15 is 0 Å². The molecule has 5 heteroatoms. The largest absolute Gasteiger partial charge is 0.352 e. The number of amides is 2. The van der Waals surface area contributed by atoms with Crippen LogP contribution in [0.3, 0.4) is 0 Å². The van der Waals surface area contributed by atoms with E-state index in [1.807, 2.05) is 0 Å². The first kappa shape index (κ1) is 9.97. The van der Waals surface area contributed by atoms with E-state index in [9.17, 15) is 0 Å². The molecule has 7 heavy (non-hydrogen) atoms. The molecule has 0 radical (unpaired) electrons. The van der Waals surface area contributed by atoms with Crippen LogP contribution in [0.4, 0.5) is 4.79 Å². The second kappa shape index (κ2) is 9.28. The molecule has 0 spiro atoms. The van der Waals surface area contributed by atoms with Crippen LogP contribution >= 0.6 is 23.2 Å². The average molecular weight is 145 g/mol. The molecule has 0 aliphatic heterocycles. The number of alkyl halides is 2. The number of rotatable bonds is 0. The van der Waals surface area contributed by atoms with E-state index in [1.165, 1.54) is 0 Å². The fourth-order valence-corrected chi connectivity index (χ4v) is 0. The van der Waals surface area contributed by atoms with Crippen molar-refractivity contribution in [1.82, 2.24) is 0 Å². The van der Waals surface area contributed by atoms with Crippen LogP contribution in [-0.2, 0) is 0 Å². The van der Waals surface area contributed by atoms with E-state index in [4.69, 9.17) is 28.0 Å². The molecule has 0 unspecified atom stereocenters. The van der Waals surface area contributed by atoms with Crippen LogP contribution in [0.15, 0.2) is 0 Å². The lowest BCUT2D eigenvalue weighted by Crippen LogP contribution is -2.18. The van der Waals surface area contributed by atoms with Gasteiger partial charge in [0, 0.05) is 0 Å². The van der Waals surface area contributed by atoms with Gasteiger partial charge >= 0.3 is 6.03 Å². The normalized spacial score (nSPS) is 6.00. The lowest BCUT2D eigenvalue weighted by atomic mass is 11.2. The summed E-state index contributed by atoms with van der Waals surface area (Å²) in [6.45, 7) is 0. The molecule has 3 nitrogen and oxygen atoms in total. The molecular formula is C2H6Cl2N2O. The third-order valence-corrected chi connectivity index (χ3v) is 0.